The maximum atomic E-state index is 5.85. The van der Waals surface area contributed by atoms with Gasteiger partial charge in [0, 0.05) is 6.04 Å². The molecular weight excluding hydrogens is 234 g/mol. The zero-order valence-corrected chi connectivity index (χ0v) is 11.2. The summed E-state index contributed by atoms with van der Waals surface area (Å²) in [5.41, 5.74) is 0. The van der Waals surface area contributed by atoms with Gasteiger partial charge in [-0.2, -0.15) is 0 Å². The van der Waals surface area contributed by atoms with Crippen LogP contribution in [-0.4, -0.2) is 16.0 Å². The highest BCUT2D eigenvalue weighted by Gasteiger charge is 2.27. The van der Waals surface area contributed by atoms with Crippen molar-refractivity contribution in [1.29, 1.82) is 0 Å². The molecule has 4 heteroatoms. The Balaban J connectivity index is 2.05. The Bertz CT molecular complexity index is 367. The average molecular weight is 254 g/mol. The molecule has 2 rings (SSSR count). The van der Waals surface area contributed by atoms with Crippen LogP contribution in [0.25, 0.3) is 0 Å². The maximum absolute atomic E-state index is 5.85. The van der Waals surface area contributed by atoms with Crippen molar-refractivity contribution in [1.82, 2.24) is 9.97 Å². The van der Waals surface area contributed by atoms with Crippen LogP contribution in [-0.2, 0) is 0 Å². The number of hydrogen-bond donors (Lipinski definition) is 1. The summed E-state index contributed by atoms with van der Waals surface area (Å²) in [6, 6.07) is 0.511. The lowest BCUT2D eigenvalue weighted by molar-refractivity contribution is 0.253. The molecule has 0 radical (unpaired) electrons. The van der Waals surface area contributed by atoms with Crippen molar-refractivity contribution < 1.29 is 0 Å². The molecule has 0 saturated heterocycles. The van der Waals surface area contributed by atoms with E-state index in [0.29, 0.717) is 17.1 Å². The van der Waals surface area contributed by atoms with Crippen LogP contribution in [0.5, 0.6) is 0 Å². The van der Waals surface area contributed by atoms with Gasteiger partial charge in [0.05, 0.1) is 12.4 Å². The topological polar surface area (TPSA) is 37.8 Å². The second-order valence-corrected chi connectivity index (χ2v) is 5.56. The Kier molecular flexibility index (Phi) is 4.21. The van der Waals surface area contributed by atoms with Gasteiger partial charge in [-0.1, -0.05) is 38.3 Å². The number of rotatable bonds is 3. The van der Waals surface area contributed by atoms with E-state index in [1.54, 1.807) is 12.4 Å². The molecule has 3 nitrogen and oxygen atoms in total. The fourth-order valence-corrected chi connectivity index (χ4v) is 2.89. The van der Waals surface area contributed by atoms with Crippen molar-refractivity contribution in [3.63, 3.8) is 0 Å². The molecule has 1 aliphatic rings. The van der Waals surface area contributed by atoms with Gasteiger partial charge >= 0.3 is 0 Å². The lowest BCUT2D eigenvalue weighted by Crippen LogP contribution is -2.35. The Labute approximate surface area is 108 Å². The van der Waals surface area contributed by atoms with E-state index in [1.165, 1.54) is 25.7 Å². The van der Waals surface area contributed by atoms with Gasteiger partial charge in [-0.05, 0) is 24.7 Å². The summed E-state index contributed by atoms with van der Waals surface area (Å²) < 4.78 is 0. The van der Waals surface area contributed by atoms with E-state index >= 15 is 0 Å². The van der Waals surface area contributed by atoms with E-state index in [2.05, 4.69) is 29.1 Å². The third-order valence-electron chi connectivity index (χ3n) is 3.61. The molecule has 2 unspecified atom stereocenters. The van der Waals surface area contributed by atoms with Gasteiger partial charge in [0.2, 0.25) is 0 Å². The first-order valence-electron chi connectivity index (χ1n) is 6.41. The molecule has 1 fully saturated rings. The second-order valence-electron chi connectivity index (χ2n) is 5.17. The van der Waals surface area contributed by atoms with Gasteiger partial charge < -0.3 is 5.32 Å². The van der Waals surface area contributed by atoms with Crippen LogP contribution in [0.3, 0.4) is 0 Å². The van der Waals surface area contributed by atoms with Crippen LogP contribution < -0.4 is 5.32 Å². The van der Waals surface area contributed by atoms with Crippen molar-refractivity contribution in [3.05, 3.63) is 17.5 Å². The van der Waals surface area contributed by atoms with Crippen LogP contribution in [0, 0.1) is 11.8 Å². The molecule has 17 heavy (non-hydrogen) atoms. The van der Waals surface area contributed by atoms with Crippen molar-refractivity contribution in [3.8, 4) is 0 Å². The van der Waals surface area contributed by atoms with Gasteiger partial charge in [0.25, 0.3) is 0 Å². The number of halogens is 1. The molecule has 1 aromatic heterocycles. The minimum absolute atomic E-state index is 0.451. The molecule has 0 amide bonds. The fourth-order valence-electron chi connectivity index (χ4n) is 2.74. The van der Waals surface area contributed by atoms with E-state index in [9.17, 15) is 0 Å². The highest BCUT2D eigenvalue weighted by atomic mass is 35.5. The van der Waals surface area contributed by atoms with Crippen molar-refractivity contribution in [2.24, 2.45) is 11.8 Å². The van der Waals surface area contributed by atoms with Crippen LogP contribution in [0.4, 0.5) is 5.82 Å². The fraction of sp³-hybridized carbons (Fsp3) is 0.692. The van der Waals surface area contributed by atoms with E-state index in [-0.39, 0.29) is 0 Å². The van der Waals surface area contributed by atoms with Crippen LogP contribution in [0.15, 0.2) is 12.4 Å². The smallest absolute Gasteiger partial charge is 0.149 e. The molecule has 1 aliphatic carbocycles. The maximum Gasteiger partial charge on any atom is 0.149 e. The number of nitrogens with one attached hydrogen (secondary N) is 1. The highest BCUT2D eigenvalue weighted by molar-refractivity contribution is 6.29. The molecule has 1 heterocycles. The van der Waals surface area contributed by atoms with Crippen LogP contribution >= 0.6 is 11.6 Å². The van der Waals surface area contributed by atoms with Gasteiger partial charge in [0.1, 0.15) is 11.0 Å². The zero-order chi connectivity index (χ0) is 12.3. The average Bonchev–Trinajstić information content (AvgIpc) is 2.29. The van der Waals surface area contributed by atoms with E-state index in [1.807, 2.05) is 0 Å². The summed E-state index contributed by atoms with van der Waals surface area (Å²) in [7, 11) is 0. The number of anilines is 1. The molecule has 1 N–H and O–H groups in total. The Morgan fingerprint density at radius 2 is 2.06 bits per heavy atom. The van der Waals surface area contributed by atoms with Crippen LogP contribution in [0.1, 0.15) is 39.5 Å². The largest absolute Gasteiger partial charge is 0.366 e. The lowest BCUT2D eigenvalue weighted by Gasteiger charge is -2.35. The SMILES string of the molecule is CC(C)C1CCCCC1Nc1cncc(Cl)n1. The monoisotopic (exact) mass is 253 g/mol. The second kappa shape index (κ2) is 5.67. The summed E-state index contributed by atoms with van der Waals surface area (Å²) in [5, 5.41) is 3.95. The molecule has 0 spiro atoms. The summed E-state index contributed by atoms with van der Waals surface area (Å²) in [6.45, 7) is 4.60. The molecule has 0 bridgehead atoms. The van der Waals surface area contributed by atoms with E-state index < -0.39 is 0 Å². The van der Waals surface area contributed by atoms with E-state index in [0.717, 1.165) is 11.7 Å². The van der Waals surface area contributed by atoms with Crippen molar-refractivity contribution in [2.75, 3.05) is 5.32 Å². The summed E-state index contributed by atoms with van der Waals surface area (Å²) in [6.07, 6.45) is 8.49. The molecule has 0 aromatic carbocycles. The summed E-state index contributed by atoms with van der Waals surface area (Å²) >= 11 is 5.85. The Morgan fingerprint density at radius 1 is 1.29 bits per heavy atom. The van der Waals surface area contributed by atoms with Gasteiger partial charge in [-0.25, -0.2) is 4.98 Å². The first kappa shape index (κ1) is 12.6. The third-order valence-corrected chi connectivity index (χ3v) is 3.80. The van der Waals surface area contributed by atoms with Gasteiger partial charge in [0.15, 0.2) is 0 Å². The van der Waals surface area contributed by atoms with Gasteiger partial charge in [-0.15, -0.1) is 0 Å². The summed E-state index contributed by atoms with van der Waals surface area (Å²) in [4.78, 5) is 8.32. The minimum atomic E-state index is 0.451. The molecule has 1 saturated carbocycles. The van der Waals surface area contributed by atoms with E-state index in [4.69, 9.17) is 11.6 Å². The molecule has 94 valence electrons. The predicted molar refractivity (Wildman–Crippen MR) is 71.2 cm³/mol. The molecule has 2 atom stereocenters. The predicted octanol–water partition coefficient (Wildman–Crippen LogP) is 3.76. The molecular formula is C13H20ClN3. The van der Waals surface area contributed by atoms with Crippen LogP contribution in [0.2, 0.25) is 5.15 Å². The Morgan fingerprint density at radius 3 is 2.76 bits per heavy atom. The van der Waals surface area contributed by atoms with Crippen molar-refractivity contribution in [2.45, 2.75) is 45.6 Å². The third kappa shape index (κ3) is 3.32. The first-order valence-corrected chi connectivity index (χ1v) is 6.78. The van der Waals surface area contributed by atoms with Gasteiger partial charge in [-0.3, -0.25) is 4.98 Å². The number of hydrogen-bond acceptors (Lipinski definition) is 3. The summed E-state index contributed by atoms with van der Waals surface area (Å²) in [5.74, 6) is 2.24. The zero-order valence-electron chi connectivity index (χ0n) is 10.5. The first-order chi connectivity index (χ1) is 8.16. The molecule has 0 aliphatic heterocycles. The van der Waals surface area contributed by atoms with Crippen molar-refractivity contribution >= 4 is 17.4 Å². The lowest BCUT2D eigenvalue weighted by atomic mass is 9.78. The Hall–Kier alpha value is -0.830. The minimum Gasteiger partial charge on any atom is -0.366 e. The normalized spacial score (nSPS) is 24.9. The number of nitrogens with zero attached hydrogens (tertiary/aromatic N) is 2. The highest BCUT2D eigenvalue weighted by Crippen LogP contribution is 2.31. The standard InChI is InChI=1S/C13H20ClN3/c1-9(2)10-5-3-4-6-11(10)16-13-8-15-7-12(14)17-13/h7-11H,3-6H2,1-2H3,(H,16,17). The molecule has 1 aromatic rings. The number of aromatic nitrogens is 2. The quantitative estimate of drug-likeness (QED) is 0.891.